The molecule has 1 N–H and O–H groups in total. The molecule has 42 heavy (non-hydrogen) atoms. The molecule has 1 amide bonds. The maximum atomic E-state index is 13.7. The molecule has 1 saturated carbocycles. The Morgan fingerprint density at radius 1 is 1.19 bits per heavy atom. The smallest absolute Gasteiger partial charge is 0.236 e. The van der Waals surface area contributed by atoms with Gasteiger partial charge in [0, 0.05) is 18.1 Å². The highest BCUT2D eigenvalue weighted by atomic mass is 35.5. The molecule has 224 valence electrons. The lowest BCUT2D eigenvalue weighted by Crippen LogP contribution is -2.44. The van der Waals surface area contributed by atoms with Crippen molar-refractivity contribution in [1.82, 2.24) is 9.88 Å². The molecular weight excluding hydrogens is 586 g/mol. The molecule has 6 rings (SSSR count). The Morgan fingerprint density at radius 3 is 2.64 bits per heavy atom. The molecule has 0 bridgehead atoms. The van der Waals surface area contributed by atoms with Crippen LogP contribution in [0.4, 0.5) is 5.13 Å². The molecule has 3 aliphatic rings. The van der Waals surface area contributed by atoms with Crippen LogP contribution in [0.5, 0.6) is 11.5 Å². The van der Waals surface area contributed by atoms with Crippen LogP contribution in [0.2, 0.25) is 23.2 Å². The maximum Gasteiger partial charge on any atom is 0.236 e. The van der Waals surface area contributed by atoms with E-state index in [1.807, 2.05) is 43.3 Å². The molecule has 0 spiro atoms. The van der Waals surface area contributed by atoms with E-state index >= 15 is 0 Å². The first-order valence-electron chi connectivity index (χ1n) is 14.7. The zero-order chi connectivity index (χ0) is 29.9. The fourth-order valence-corrected chi connectivity index (χ4v) is 8.51. The zero-order valence-corrected chi connectivity index (χ0v) is 27.8. The van der Waals surface area contributed by atoms with E-state index in [1.54, 1.807) is 11.3 Å². The third kappa shape index (κ3) is 5.50. The number of aromatic nitrogens is 1. The van der Waals surface area contributed by atoms with Gasteiger partial charge in [0.2, 0.25) is 12.7 Å². The van der Waals surface area contributed by atoms with Gasteiger partial charge in [-0.25, -0.2) is 4.98 Å². The fraction of sp³-hybridized carbons (Fsp3) is 0.500. The Labute approximate surface area is 258 Å². The quantitative estimate of drug-likeness (QED) is 0.259. The summed E-state index contributed by atoms with van der Waals surface area (Å²) in [5.41, 5.74) is 2.35. The summed E-state index contributed by atoms with van der Waals surface area (Å²) in [6.07, 6.45) is 2.75. The number of rotatable bonds is 8. The first kappa shape index (κ1) is 29.6. The molecule has 2 fully saturated rings. The predicted octanol–water partition coefficient (Wildman–Crippen LogP) is 7.69. The number of nitrogens with zero attached hydrogens (tertiary/aromatic N) is 2. The van der Waals surface area contributed by atoms with E-state index in [-0.39, 0.29) is 29.9 Å². The van der Waals surface area contributed by atoms with Crippen molar-refractivity contribution in [2.75, 3.05) is 25.2 Å². The number of thiazole rings is 1. The number of benzene rings is 2. The van der Waals surface area contributed by atoms with Crippen molar-refractivity contribution in [3.8, 4) is 11.5 Å². The van der Waals surface area contributed by atoms with E-state index in [1.165, 1.54) is 0 Å². The second-order valence-corrected chi connectivity index (χ2v) is 19.5. The highest BCUT2D eigenvalue weighted by Gasteiger charge is 2.52. The zero-order valence-electron chi connectivity index (χ0n) is 25.3. The maximum absolute atomic E-state index is 13.7. The lowest BCUT2D eigenvalue weighted by Gasteiger charge is -2.38. The standard InChI is InChI=1S/C32H40ClN3O4SSi/c1-20-28(41-30(34-20)35-29(37)32(14-15-32)21-11-12-25-26(17-21)39-19-38-25)27(23-9-7-8-10-24(23)33)36-16-13-22(18-36)40-42(5,6)31(2,3)4/h7-12,17,22,27H,13-16,18-19H2,1-6H3,(H,34,35,37)/t22-,27?/m1/s1. The highest BCUT2D eigenvalue weighted by Crippen LogP contribution is 2.51. The SMILES string of the molecule is Cc1nc(NC(=O)C2(c3ccc4c(c3)OCO4)CC2)sc1C(c1ccccc1Cl)N1CC[C@@H](O[Si](C)(C)C(C)(C)C)C1. The summed E-state index contributed by atoms with van der Waals surface area (Å²) in [5.74, 6) is 1.39. The molecule has 1 aromatic heterocycles. The molecule has 2 atom stereocenters. The Kier molecular flexibility index (Phi) is 7.71. The van der Waals surface area contributed by atoms with E-state index in [0.717, 1.165) is 64.8 Å². The lowest BCUT2D eigenvalue weighted by atomic mass is 9.94. The normalized spacial score (nSPS) is 20.5. The van der Waals surface area contributed by atoms with E-state index < -0.39 is 13.7 Å². The molecule has 10 heteroatoms. The van der Waals surface area contributed by atoms with Crippen LogP contribution < -0.4 is 14.8 Å². The summed E-state index contributed by atoms with van der Waals surface area (Å²) >= 11 is 8.36. The molecular formula is C32H40ClN3O4SSi. The number of hydrogen-bond donors (Lipinski definition) is 1. The minimum Gasteiger partial charge on any atom is -0.454 e. The van der Waals surface area contributed by atoms with Crippen LogP contribution in [0.25, 0.3) is 0 Å². The molecule has 1 aliphatic carbocycles. The first-order chi connectivity index (χ1) is 19.9. The summed E-state index contributed by atoms with van der Waals surface area (Å²) in [7, 11) is -1.90. The van der Waals surface area contributed by atoms with Crippen molar-refractivity contribution >= 4 is 42.3 Å². The summed E-state index contributed by atoms with van der Waals surface area (Å²) < 4.78 is 17.9. The number of aryl methyl sites for hydroxylation is 1. The van der Waals surface area contributed by atoms with E-state index in [4.69, 9.17) is 30.5 Å². The molecule has 2 aliphatic heterocycles. The number of halogens is 1. The second-order valence-electron chi connectivity index (χ2n) is 13.3. The number of fused-ring (bicyclic) bond motifs is 1. The Bertz CT molecular complexity index is 1500. The monoisotopic (exact) mass is 625 g/mol. The number of amides is 1. The average molecular weight is 626 g/mol. The van der Waals surface area contributed by atoms with E-state index in [2.05, 4.69) is 50.1 Å². The van der Waals surface area contributed by atoms with Crippen molar-refractivity contribution in [2.45, 2.75) is 82.7 Å². The topological polar surface area (TPSA) is 72.9 Å². The van der Waals surface area contributed by atoms with Crippen molar-refractivity contribution in [3.05, 3.63) is 69.2 Å². The van der Waals surface area contributed by atoms with Crippen molar-refractivity contribution in [1.29, 1.82) is 0 Å². The number of likely N-dealkylation sites (tertiary alicyclic amines) is 1. The van der Waals surface area contributed by atoms with Crippen molar-refractivity contribution in [3.63, 3.8) is 0 Å². The number of hydrogen-bond acceptors (Lipinski definition) is 7. The molecule has 3 aromatic rings. The molecule has 0 radical (unpaired) electrons. The molecule has 3 heterocycles. The van der Waals surface area contributed by atoms with Gasteiger partial charge in [-0.05, 0) is 73.6 Å². The number of ether oxygens (including phenoxy) is 2. The van der Waals surface area contributed by atoms with Crippen LogP contribution in [-0.2, 0) is 14.6 Å². The predicted molar refractivity (Wildman–Crippen MR) is 171 cm³/mol. The highest BCUT2D eigenvalue weighted by molar-refractivity contribution is 7.16. The summed E-state index contributed by atoms with van der Waals surface area (Å²) in [6, 6.07) is 13.8. The van der Waals surface area contributed by atoms with Gasteiger partial charge in [-0.3, -0.25) is 9.69 Å². The average Bonchev–Trinajstić information content (AvgIpc) is 3.20. The fourth-order valence-electron chi connectivity index (χ4n) is 5.78. The molecule has 1 saturated heterocycles. The van der Waals surface area contributed by atoms with Gasteiger partial charge in [0.15, 0.2) is 24.9 Å². The van der Waals surface area contributed by atoms with Crippen molar-refractivity contribution in [2.24, 2.45) is 0 Å². The lowest BCUT2D eigenvalue weighted by molar-refractivity contribution is -0.118. The van der Waals surface area contributed by atoms with Gasteiger partial charge < -0.3 is 19.2 Å². The van der Waals surface area contributed by atoms with Crippen LogP contribution in [0.1, 0.15) is 67.8 Å². The third-order valence-electron chi connectivity index (χ3n) is 9.42. The second kappa shape index (κ2) is 10.9. The minimum atomic E-state index is -1.90. The summed E-state index contributed by atoms with van der Waals surface area (Å²) in [6.45, 7) is 15.5. The van der Waals surface area contributed by atoms with E-state index in [9.17, 15) is 4.79 Å². The molecule has 1 unspecified atom stereocenters. The van der Waals surface area contributed by atoms with Gasteiger partial charge >= 0.3 is 0 Å². The Balaban J connectivity index is 1.25. The van der Waals surface area contributed by atoms with Gasteiger partial charge in [-0.2, -0.15) is 0 Å². The van der Waals surface area contributed by atoms with Crippen LogP contribution in [0, 0.1) is 6.92 Å². The number of nitrogens with one attached hydrogen (secondary N) is 1. The minimum absolute atomic E-state index is 0.0278. The Morgan fingerprint density at radius 2 is 1.93 bits per heavy atom. The molecule has 2 aromatic carbocycles. The van der Waals surface area contributed by atoms with Gasteiger partial charge in [0.25, 0.3) is 0 Å². The van der Waals surface area contributed by atoms with Gasteiger partial charge in [-0.15, -0.1) is 0 Å². The van der Waals surface area contributed by atoms with Crippen LogP contribution in [0.15, 0.2) is 42.5 Å². The largest absolute Gasteiger partial charge is 0.454 e. The number of carbonyl (C=O) groups is 1. The summed E-state index contributed by atoms with van der Waals surface area (Å²) in [4.78, 5) is 22.1. The third-order valence-corrected chi connectivity index (χ3v) is 15.4. The van der Waals surface area contributed by atoms with Crippen LogP contribution in [-0.4, -0.2) is 50.1 Å². The van der Waals surface area contributed by atoms with Crippen molar-refractivity contribution < 1.29 is 18.7 Å². The first-order valence-corrected chi connectivity index (χ1v) is 18.8. The van der Waals surface area contributed by atoms with Gasteiger partial charge in [-0.1, -0.05) is 68.0 Å². The summed E-state index contributed by atoms with van der Waals surface area (Å²) in [5, 5.41) is 4.67. The Hall–Kier alpha value is -2.43. The number of anilines is 1. The molecule has 7 nitrogen and oxygen atoms in total. The number of carbonyl (C=O) groups excluding carboxylic acids is 1. The van der Waals surface area contributed by atoms with Crippen LogP contribution >= 0.6 is 22.9 Å². The van der Waals surface area contributed by atoms with E-state index in [0.29, 0.717) is 10.9 Å². The van der Waals surface area contributed by atoms with Crippen LogP contribution in [0.3, 0.4) is 0 Å². The van der Waals surface area contributed by atoms with Gasteiger partial charge in [0.1, 0.15) is 0 Å². The van der Waals surface area contributed by atoms with Gasteiger partial charge in [0.05, 0.1) is 28.1 Å².